The van der Waals surface area contributed by atoms with Crippen molar-refractivity contribution in [2.24, 2.45) is 17.8 Å². The van der Waals surface area contributed by atoms with Gasteiger partial charge in [0.05, 0.1) is 0 Å². The number of allylic oxidation sites excluding steroid dienone is 4. The van der Waals surface area contributed by atoms with Crippen LogP contribution in [0.3, 0.4) is 0 Å². The van der Waals surface area contributed by atoms with Gasteiger partial charge in [-0.3, -0.25) is 0 Å². The van der Waals surface area contributed by atoms with Crippen LogP contribution in [0.25, 0.3) is 0 Å². The van der Waals surface area contributed by atoms with Crippen LogP contribution in [-0.4, -0.2) is 6.36 Å². The van der Waals surface area contributed by atoms with Crippen LogP contribution in [0.2, 0.25) is 0 Å². The zero-order valence-corrected chi connectivity index (χ0v) is 18.3. The number of nitriles is 1. The molecule has 0 radical (unpaired) electrons. The molecule has 3 rings (SSSR count). The van der Waals surface area contributed by atoms with Crippen LogP contribution in [0, 0.1) is 29.1 Å². The van der Waals surface area contributed by atoms with E-state index in [4.69, 9.17) is 5.26 Å². The molecule has 174 valence electrons. The molecule has 0 bridgehead atoms. The summed E-state index contributed by atoms with van der Waals surface area (Å²) in [6, 6.07) is 7.85. The van der Waals surface area contributed by atoms with E-state index < -0.39 is 12.2 Å². The molecular weight excluding hydrogens is 418 g/mol. The van der Waals surface area contributed by atoms with Gasteiger partial charge in [0.1, 0.15) is 11.8 Å². The number of ether oxygens (including phenoxy) is 1. The average molecular weight is 450 g/mol. The molecule has 2 saturated carbocycles. The Morgan fingerprint density at radius 2 is 1.56 bits per heavy atom. The van der Waals surface area contributed by atoms with Gasteiger partial charge >= 0.3 is 6.36 Å². The fourth-order valence-electron chi connectivity index (χ4n) is 5.43. The summed E-state index contributed by atoms with van der Waals surface area (Å²) in [5.74, 6) is 1.79. The summed E-state index contributed by atoms with van der Waals surface area (Å²) in [6.45, 7) is 0. The van der Waals surface area contributed by atoms with Crippen LogP contribution < -0.4 is 4.74 Å². The largest absolute Gasteiger partial charge is 0.573 e. The van der Waals surface area contributed by atoms with Crippen molar-refractivity contribution in [1.29, 1.82) is 5.26 Å². The number of alkyl halides is 3. The van der Waals surface area contributed by atoms with Gasteiger partial charge < -0.3 is 4.74 Å². The molecule has 0 spiro atoms. The smallest absolute Gasteiger partial charge is 0.406 e. The number of halogens is 4. The maximum Gasteiger partial charge on any atom is 0.573 e. The molecule has 0 heterocycles. The Kier molecular flexibility index (Phi) is 8.78. The maximum absolute atomic E-state index is 12.7. The van der Waals surface area contributed by atoms with E-state index in [0.29, 0.717) is 5.92 Å². The van der Waals surface area contributed by atoms with E-state index in [2.05, 4.69) is 4.74 Å². The second-order valence-corrected chi connectivity index (χ2v) is 9.14. The van der Waals surface area contributed by atoms with E-state index >= 15 is 0 Å². The molecule has 0 N–H and O–H groups in total. The summed E-state index contributed by atoms with van der Waals surface area (Å²) >= 11 is 0. The van der Waals surface area contributed by atoms with Gasteiger partial charge in [-0.15, -0.1) is 13.2 Å². The van der Waals surface area contributed by atoms with E-state index in [1.54, 1.807) is 18.2 Å². The molecule has 0 aliphatic heterocycles. The lowest BCUT2D eigenvalue weighted by atomic mass is 9.68. The molecule has 32 heavy (non-hydrogen) atoms. The summed E-state index contributed by atoms with van der Waals surface area (Å²) < 4.78 is 53.7. The number of rotatable bonds is 7. The molecular formula is C26H31F4NO. The van der Waals surface area contributed by atoms with E-state index in [-0.39, 0.29) is 5.75 Å². The molecule has 1 aromatic rings. The lowest BCUT2D eigenvalue weighted by Gasteiger charge is -2.38. The van der Waals surface area contributed by atoms with Gasteiger partial charge in [0.25, 0.3) is 0 Å². The highest BCUT2D eigenvalue weighted by Gasteiger charge is 2.32. The second kappa shape index (κ2) is 11.5. The molecule has 0 amide bonds. The molecule has 2 fully saturated rings. The fourth-order valence-corrected chi connectivity index (χ4v) is 5.43. The van der Waals surface area contributed by atoms with E-state index in [1.807, 2.05) is 6.08 Å². The first-order valence-electron chi connectivity index (χ1n) is 11.6. The molecule has 0 aromatic heterocycles. The van der Waals surface area contributed by atoms with Crippen molar-refractivity contribution < 1.29 is 22.3 Å². The summed E-state index contributed by atoms with van der Waals surface area (Å²) in [4.78, 5) is 0. The average Bonchev–Trinajstić information content (AvgIpc) is 2.79. The van der Waals surface area contributed by atoms with Gasteiger partial charge in [-0.2, -0.15) is 9.65 Å². The van der Waals surface area contributed by atoms with Gasteiger partial charge in [0.2, 0.25) is 0 Å². The predicted octanol–water partition coefficient (Wildman–Crippen LogP) is 8.38. The molecule has 1 aromatic carbocycles. The van der Waals surface area contributed by atoms with Crippen LogP contribution in [-0.2, 0) is 0 Å². The third-order valence-corrected chi connectivity index (χ3v) is 7.14. The third kappa shape index (κ3) is 7.69. The van der Waals surface area contributed by atoms with Crippen molar-refractivity contribution in [3.63, 3.8) is 0 Å². The first-order chi connectivity index (χ1) is 15.3. The molecule has 0 atom stereocenters. The van der Waals surface area contributed by atoms with Crippen molar-refractivity contribution in [2.45, 2.75) is 76.5 Å². The summed E-state index contributed by atoms with van der Waals surface area (Å²) in [6.07, 6.45) is 11.8. The molecule has 2 aliphatic rings. The fraction of sp³-hybridized carbons (Fsp3) is 0.577. The predicted molar refractivity (Wildman–Crippen MR) is 116 cm³/mol. The minimum absolute atomic E-state index is 0.159. The molecule has 2 aliphatic carbocycles. The van der Waals surface area contributed by atoms with Crippen LogP contribution in [0.4, 0.5) is 17.6 Å². The number of hydrogen-bond acceptors (Lipinski definition) is 2. The molecule has 6 heteroatoms. The Labute approximate surface area is 188 Å². The first kappa shape index (κ1) is 24.4. The topological polar surface area (TPSA) is 33.0 Å². The van der Waals surface area contributed by atoms with Gasteiger partial charge in [-0.1, -0.05) is 37.1 Å². The van der Waals surface area contributed by atoms with Crippen LogP contribution in [0.1, 0.15) is 75.7 Å². The Morgan fingerprint density at radius 3 is 2.12 bits per heavy atom. The van der Waals surface area contributed by atoms with E-state index in [0.717, 1.165) is 49.0 Å². The monoisotopic (exact) mass is 449 g/mol. The SMILES string of the molecule is N#CC(F)=CC=CCCC1CCC(C2CCC(c3ccc(OC(F)(F)F)cc3)CC2)CC1. The number of benzene rings is 1. The Bertz CT molecular complexity index is 806. The van der Waals surface area contributed by atoms with Crippen LogP contribution >= 0.6 is 0 Å². The van der Waals surface area contributed by atoms with Crippen molar-refractivity contribution in [2.75, 3.05) is 0 Å². The lowest BCUT2D eigenvalue weighted by molar-refractivity contribution is -0.274. The third-order valence-electron chi connectivity index (χ3n) is 7.14. The standard InChI is InChI=1S/C26H31F4NO/c27-24(18-31)5-3-1-2-4-19-6-8-20(9-7-19)21-10-12-22(13-11-21)23-14-16-25(17-15-23)32-26(28,29)30/h1,3,5,14-17,19-22H,2,4,6-13H2. The van der Waals surface area contributed by atoms with Crippen molar-refractivity contribution >= 4 is 0 Å². The van der Waals surface area contributed by atoms with Crippen molar-refractivity contribution in [1.82, 2.24) is 0 Å². The van der Waals surface area contributed by atoms with Crippen LogP contribution in [0.15, 0.2) is 48.3 Å². The summed E-state index contributed by atoms with van der Waals surface area (Å²) in [5.41, 5.74) is 1.11. The normalized spacial score (nSPS) is 27.3. The molecule has 2 nitrogen and oxygen atoms in total. The zero-order valence-electron chi connectivity index (χ0n) is 18.3. The summed E-state index contributed by atoms with van der Waals surface area (Å²) in [5, 5.41) is 8.38. The number of hydrogen-bond donors (Lipinski definition) is 0. The van der Waals surface area contributed by atoms with E-state index in [1.165, 1.54) is 62.8 Å². The summed E-state index contributed by atoms with van der Waals surface area (Å²) in [7, 11) is 0. The Balaban J connectivity index is 1.37. The van der Waals surface area contributed by atoms with Crippen LogP contribution in [0.5, 0.6) is 5.75 Å². The zero-order chi connectivity index (χ0) is 23.0. The second-order valence-electron chi connectivity index (χ2n) is 9.14. The molecule has 0 unspecified atom stereocenters. The highest BCUT2D eigenvalue weighted by molar-refractivity contribution is 5.30. The highest BCUT2D eigenvalue weighted by atomic mass is 19.4. The Morgan fingerprint density at radius 1 is 0.969 bits per heavy atom. The number of nitrogens with zero attached hydrogens (tertiary/aromatic N) is 1. The van der Waals surface area contributed by atoms with Crippen molar-refractivity contribution in [3.8, 4) is 11.8 Å². The van der Waals surface area contributed by atoms with Gasteiger partial charge in [-0.25, -0.2) is 0 Å². The minimum Gasteiger partial charge on any atom is -0.406 e. The van der Waals surface area contributed by atoms with Gasteiger partial charge in [0, 0.05) is 0 Å². The minimum atomic E-state index is -4.65. The van der Waals surface area contributed by atoms with Gasteiger partial charge in [0.15, 0.2) is 5.83 Å². The van der Waals surface area contributed by atoms with E-state index in [9.17, 15) is 17.6 Å². The highest BCUT2D eigenvalue weighted by Crippen LogP contribution is 2.44. The van der Waals surface area contributed by atoms with Gasteiger partial charge in [-0.05, 0) is 98.8 Å². The quantitative estimate of drug-likeness (QED) is 0.238. The first-order valence-corrected chi connectivity index (χ1v) is 11.6. The van der Waals surface area contributed by atoms with Crippen molar-refractivity contribution in [3.05, 3.63) is 53.9 Å². The molecule has 0 saturated heterocycles. The lowest BCUT2D eigenvalue weighted by Crippen LogP contribution is -2.25. The maximum atomic E-state index is 12.7. The Hall–Kier alpha value is -2.29.